The van der Waals surface area contributed by atoms with Crippen LogP contribution in [0, 0.1) is 24.2 Å². The molecule has 1 aromatic rings. The van der Waals surface area contributed by atoms with E-state index in [2.05, 4.69) is 65.6 Å². The monoisotopic (exact) mass is 526 g/mol. The van der Waals surface area contributed by atoms with Gasteiger partial charge in [0.2, 0.25) is 0 Å². The van der Waals surface area contributed by atoms with Crippen LogP contribution in [0.25, 0.3) is 0 Å². The van der Waals surface area contributed by atoms with Crippen molar-refractivity contribution >= 4 is 29.9 Å². The molecule has 0 bridgehead atoms. The van der Waals surface area contributed by atoms with Crippen LogP contribution in [-0.2, 0) is 11.3 Å². The zero-order valence-corrected chi connectivity index (χ0v) is 21.3. The van der Waals surface area contributed by atoms with Crippen molar-refractivity contribution in [2.75, 3.05) is 33.3 Å². The molecule has 6 heteroatoms. The van der Waals surface area contributed by atoms with Crippen molar-refractivity contribution in [3.63, 3.8) is 0 Å². The molecule has 5 nitrogen and oxygen atoms in total. The lowest BCUT2D eigenvalue weighted by Gasteiger charge is -2.55. The van der Waals surface area contributed by atoms with E-state index in [9.17, 15) is 0 Å². The lowest BCUT2D eigenvalue weighted by Crippen LogP contribution is -2.68. The van der Waals surface area contributed by atoms with Crippen molar-refractivity contribution < 1.29 is 4.74 Å². The Labute approximate surface area is 199 Å². The molecule has 0 aromatic heterocycles. The summed E-state index contributed by atoms with van der Waals surface area (Å²) in [5.41, 5.74) is 2.94. The van der Waals surface area contributed by atoms with Gasteiger partial charge >= 0.3 is 0 Å². The van der Waals surface area contributed by atoms with Gasteiger partial charge in [-0.2, -0.15) is 0 Å². The lowest BCUT2D eigenvalue weighted by atomic mass is 9.57. The molecule has 2 heterocycles. The first-order valence-corrected chi connectivity index (χ1v) is 11.3. The van der Waals surface area contributed by atoms with Crippen molar-refractivity contribution in [2.45, 2.75) is 58.7 Å². The summed E-state index contributed by atoms with van der Waals surface area (Å²) >= 11 is 0. The standard InChI is InChI=1S/C24H38N4O.HI/c1-17-5-7-19(8-6-17)16-28-12-9-18(10-13-28)15-26-23(25-4)27-21-20-11-14-29-22(20)24(21,2)3;/h5-8,18,20-22H,9-16H2,1-4H3,(H2,25,26,27);1H. The van der Waals surface area contributed by atoms with E-state index >= 15 is 0 Å². The summed E-state index contributed by atoms with van der Waals surface area (Å²) in [7, 11) is 1.88. The maximum Gasteiger partial charge on any atom is 0.191 e. The van der Waals surface area contributed by atoms with Crippen molar-refractivity contribution in [3.05, 3.63) is 35.4 Å². The molecule has 2 aliphatic heterocycles. The van der Waals surface area contributed by atoms with E-state index in [0.717, 1.165) is 31.6 Å². The molecule has 30 heavy (non-hydrogen) atoms. The molecule has 2 N–H and O–H groups in total. The highest BCUT2D eigenvalue weighted by Gasteiger charge is 2.59. The zero-order chi connectivity index (χ0) is 20.4. The van der Waals surface area contributed by atoms with Crippen LogP contribution in [0.4, 0.5) is 0 Å². The number of fused-ring (bicyclic) bond motifs is 1. The van der Waals surface area contributed by atoms with Crippen LogP contribution in [0.5, 0.6) is 0 Å². The Morgan fingerprint density at radius 2 is 1.87 bits per heavy atom. The number of guanidine groups is 1. The van der Waals surface area contributed by atoms with Crippen LogP contribution < -0.4 is 10.6 Å². The SMILES string of the molecule is CN=C(NCC1CCN(Cc2ccc(C)cc2)CC1)NC1C2CCOC2C1(C)C.I. The second-order valence-electron chi connectivity index (χ2n) is 9.85. The molecule has 1 saturated carbocycles. The first kappa shape index (κ1) is 23.8. The topological polar surface area (TPSA) is 48.9 Å². The van der Waals surface area contributed by atoms with Crippen LogP contribution in [0.15, 0.2) is 29.3 Å². The quantitative estimate of drug-likeness (QED) is 0.348. The van der Waals surface area contributed by atoms with E-state index in [1.54, 1.807) is 0 Å². The lowest BCUT2D eigenvalue weighted by molar-refractivity contribution is -0.106. The molecule has 3 atom stereocenters. The minimum atomic E-state index is 0. The Bertz CT molecular complexity index is 712. The van der Waals surface area contributed by atoms with E-state index in [1.807, 2.05) is 7.05 Å². The van der Waals surface area contributed by atoms with E-state index in [1.165, 1.54) is 43.5 Å². The molecule has 3 fully saturated rings. The molecule has 4 rings (SSSR count). The number of aryl methyl sites for hydroxylation is 1. The van der Waals surface area contributed by atoms with Crippen LogP contribution in [-0.4, -0.2) is 56.3 Å². The van der Waals surface area contributed by atoms with Crippen molar-refractivity contribution in [1.29, 1.82) is 0 Å². The number of likely N-dealkylation sites (tertiary alicyclic amines) is 1. The van der Waals surface area contributed by atoms with Crippen molar-refractivity contribution in [2.24, 2.45) is 22.2 Å². The van der Waals surface area contributed by atoms with Crippen LogP contribution in [0.2, 0.25) is 0 Å². The van der Waals surface area contributed by atoms with Crippen LogP contribution in [0.3, 0.4) is 0 Å². The van der Waals surface area contributed by atoms with Crippen LogP contribution in [0.1, 0.15) is 44.2 Å². The van der Waals surface area contributed by atoms with Gasteiger partial charge in [0.1, 0.15) is 0 Å². The Hall–Kier alpha value is -0.860. The fraction of sp³-hybridized carbons (Fsp3) is 0.708. The first-order chi connectivity index (χ1) is 14.0. The number of halogens is 1. The molecule has 0 radical (unpaired) electrons. The number of aliphatic imine (C=N–C) groups is 1. The summed E-state index contributed by atoms with van der Waals surface area (Å²) in [4.78, 5) is 7.08. The van der Waals surface area contributed by atoms with E-state index in [-0.39, 0.29) is 29.4 Å². The number of piperidine rings is 1. The minimum absolute atomic E-state index is 0. The highest BCUT2D eigenvalue weighted by Crippen LogP contribution is 2.52. The first-order valence-electron chi connectivity index (χ1n) is 11.3. The van der Waals surface area contributed by atoms with Gasteiger partial charge in [-0.05, 0) is 50.8 Å². The Balaban J connectivity index is 0.00000256. The number of ether oxygens (including phenoxy) is 1. The predicted molar refractivity (Wildman–Crippen MR) is 135 cm³/mol. The van der Waals surface area contributed by atoms with Gasteiger partial charge in [-0.15, -0.1) is 24.0 Å². The third kappa shape index (κ3) is 5.13. The van der Waals surface area contributed by atoms with Crippen molar-refractivity contribution in [3.8, 4) is 0 Å². The van der Waals surface area contributed by atoms with Gasteiger partial charge in [0, 0.05) is 44.1 Å². The molecular weight excluding hydrogens is 487 g/mol. The number of nitrogens with one attached hydrogen (secondary N) is 2. The largest absolute Gasteiger partial charge is 0.377 e. The summed E-state index contributed by atoms with van der Waals surface area (Å²) in [6.07, 6.45) is 4.09. The van der Waals surface area contributed by atoms with Gasteiger partial charge in [0.15, 0.2) is 5.96 Å². The number of hydrogen-bond acceptors (Lipinski definition) is 3. The average molecular weight is 527 g/mol. The minimum Gasteiger partial charge on any atom is -0.377 e. The van der Waals surface area contributed by atoms with Gasteiger partial charge in [0.25, 0.3) is 0 Å². The molecule has 3 unspecified atom stereocenters. The van der Waals surface area contributed by atoms with Gasteiger partial charge < -0.3 is 15.4 Å². The maximum absolute atomic E-state index is 5.92. The Morgan fingerprint density at radius 1 is 1.17 bits per heavy atom. The van der Waals surface area contributed by atoms with E-state index in [4.69, 9.17) is 4.74 Å². The number of hydrogen-bond donors (Lipinski definition) is 2. The molecule has 2 saturated heterocycles. The summed E-state index contributed by atoms with van der Waals surface area (Å²) in [6, 6.07) is 9.42. The van der Waals surface area contributed by atoms with Gasteiger partial charge in [-0.1, -0.05) is 43.7 Å². The summed E-state index contributed by atoms with van der Waals surface area (Å²) in [5, 5.41) is 7.31. The highest BCUT2D eigenvalue weighted by atomic mass is 127. The predicted octanol–water partition coefficient (Wildman–Crippen LogP) is 3.80. The van der Waals surface area contributed by atoms with E-state index < -0.39 is 0 Å². The highest BCUT2D eigenvalue weighted by molar-refractivity contribution is 14.0. The maximum atomic E-state index is 5.92. The average Bonchev–Trinajstić information content (AvgIpc) is 3.18. The second kappa shape index (κ2) is 10.2. The van der Waals surface area contributed by atoms with Crippen molar-refractivity contribution in [1.82, 2.24) is 15.5 Å². The molecule has 0 amide bonds. The number of rotatable bonds is 5. The molecular formula is C24H39IN4O. The Kier molecular flexibility index (Phi) is 8.07. The molecule has 168 valence electrons. The zero-order valence-electron chi connectivity index (χ0n) is 19.0. The third-order valence-electron chi connectivity index (χ3n) is 7.41. The smallest absolute Gasteiger partial charge is 0.191 e. The summed E-state index contributed by atoms with van der Waals surface area (Å²) < 4.78 is 5.92. The van der Waals surface area contributed by atoms with Gasteiger partial charge in [0.05, 0.1) is 6.10 Å². The second-order valence-corrected chi connectivity index (χ2v) is 9.85. The summed E-state index contributed by atoms with van der Waals surface area (Å²) in [6.45, 7) is 12.1. The normalized spacial score (nSPS) is 28.9. The van der Waals surface area contributed by atoms with Gasteiger partial charge in [-0.25, -0.2) is 0 Å². The fourth-order valence-electron chi connectivity index (χ4n) is 5.50. The number of benzene rings is 1. The molecule has 0 spiro atoms. The van der Waals surface area contributed by atoms with Crippen LogP contribution >= 0.6 is 24.0 Å². The Morgan fingerprint density at radius 3 is 2.53 bits per heavy atom. The third-order valence-corrected chi connectivity index (χ3v) is 7.41. The summed E-state index contributed by atoms with van der Waals surface area (Å²) in [5.74, 6) is 2.31. The molecule has 3 aliphatic rings. The fourth-order valence-corrected chi connectivity index (χ4v) is 5.50. The van der Waals surface area contributed by atoms with Gasteiger partial charge in [-0.3, -0.25) is 9.89 Å². The molecule has 1 aromatic carbocycles. The molecule has 1 aliphatic carbocycles. The number of nitrogens with zero attached hydrogens (tertiary/aromatic N) is 2. The van der Waals surface area contributed by atoms with E-state index in [0.29, 0.717) is 18.1 Å².